The average Bonchev–Trinajstić information content (AvgIpc) is 2.29. The molecule has 0 saturated carbocycles. The highest BCUT2D eigenvalue weighted by Gasteiger charge is 2.13. The molecular formula is C13H18ClNO4. The van der Waals surface area contributed by atoms with Gasteiger partial charge in [0.2, 0.25) is 0 Å². The first kappa shape index (κ1) is 15.9. The fraction of sp³-hybridized carbons (Fsp3) is 0.538. The van der Waals surface area contributed by atoms with Gasteiger partial charge in [0, 0.05) is 6.07 Å². The molecule has 0 aliphatic heterocycles. The molecule has 0 radical (unpaired) electrons. The quantitative estimate of drug-likeness (QED) is 0.456. The van der Waals surface area contributed by atoms with E-state index in [9.17, 15) is 10.1 Å². The molecule has 0 aromatic heterocycles. The first-order chi connectivity index (χ1) is 8.79. The van der Waals surface area contributed by atoms with Gasteiger partial charge in [0.05, 0.1) is 30.3 Å². The van der Waals surface area contributed by atoms with Gasteiger partial charge in [-0.3, -0.25) is 10.1 Å². The third-order valence-electron chi connectivity index (χ3n) is 2.24. The van der Waals surface area contributed by atoms with Crippen LogP contribution in [0, 0.1) is 10.1 Å². The van der Waals surface area contributed by atoms with Crippen LogP contribution in [-0.4, -0.2) is 23.7 Å². The van der Waals surface area contributed by atoms with Gasteiger partial charge in [-0.2, -0.15) is 0 Å². The standard InChI is InChI=1S/C13H18ClNO4/c1-13(2,3)19-7-6-18-9-10-4-5-11(14)12(8-10)15(16)17/h4-5,8H,6-7,9H2,1-3H3. The van der Waals surface area contributed by atoms with Crippen molar-refractivity contribution in [2.75, 3.05) is 13.2 Å². The summed E-state index contributed by atoms with van der Waals surface area (Å²) < 4.78 is 10.9. The summed E-state index contributed by atoms with van der Waals surface area (Å²) in [6.07, 6.45) is 0. The van der Waals surface area contributed by atoms with Crippen LogP contribution in [-0.2, 0) is 16.1 Å². The summed E-state index contributed by atoms with van der Waals surface area (Å²) in [5.74, 6) is 0. The number of hydrogen-bond donors (Lipinski definition) is 0. The van der Waals surface area contributed by atoms with Crippen LogP contribution in [0.15, 0.2) is 18.2 Å². The van der Waals surface area contributed by atoms with Crippen molar-refractivity contribution in [2.45, 2.75) is 33.0 Å². The molecule has 0 saturated heterocycles. The van der Waals surface area contributed by atoms with Gasteiger partial charge in [0.25, 0.3) is 5.69 Å². The van der Waals surface area contributed by atoms with E-state index >= 15 is 0 Å². The number of nitro groups is 1. The molecule has 0 spiro atoms. The first-order valence-corrected chi connectivity index (χ1v) is 6.32. The minimum Gasteiger partial charge on any atom is -0.374 e. The summed E-state index contributed by atoms with van der Waals surface area (Å²) in [6, 6.07) is 4.64. The molecular weight excluding hydrogens is 270 g/mol. The maximum Gasteiger partial charge on any atom is 0.288 e. The van der Waals surface area contributed by atoms with Crippen LogP contribution in [0.3, 0.4) is 0 Å². The summed E-state index contributed by atoms with van der Waals surface area (Å²) >= 11 is 5.72. The van der Waals surface area contributed by atoms with Crippen molar-refractivity contribution in [2.24, 2.45) is 0 Å². The van der Waals surface area contributed by atoms with Gasteiger partial charge in [-0.05, 0) is 32.4 Å². The summed E-state index contributed by atoms with van der Waals surface area (Å²) in [7, 11) is 0. The normalized spacial score (nSPS) is 11.6. The van der Waals surface area contributed by atoms with Crippen LogP contribution in [0.25, 0.3) is 0 Å². The molecule has 19 heavy (non-hydrogen) atoms. The molecule has 0 unspecified atom stereocenters. The number of halogens is 1. The second-order valence-electron chi connectivity index (χ2n) is 5.06. The molecule has 0 heterocycles. The number of nitro benzene ring substituents is 1. The fourth-order valence-electron chi connectivity index (χ4n) is 1.38. The minimum atomic E-state index is -0.505. The Morgan fingerprint density at radius 3 is 2.58 bits per heavy atom. The van der Waals surface area contributed by atoms with Crippen molar-refractivity contribution in [3.05, 3.63) is 38.9 Å². The molecule has 0 fully saturated rings. The monoisotopic (exact) mass is 287 g/mol. The van der Waals surface area contributed by atoms with Gasteiger partial charge in [0.1, 0.15) is 5.02 Å². The maximum absolute atomic E-state index is 10.7. The first-order valence-electron chi connectivity index (χ1n) is 5.94. The Kier molecular flexibility index (Phi) is 5.72. The lowest BCUT2D eigenvalue weighted by atomic mass is 10.2. The van der Waals surface area contributed by atoms with Gasteiger partial charge in [-0.25, -0.2) is 0 Å². The third kappa shape index (κ3) is 6.00. The molecule has 0 atom stereocenters. The summed E-state index contributed by atoms with van der Waals surface area (Å²) in [6.45, 7) is 7.12. The Morgan fingerprint density at radius 2 is 2.00 bits per heavy atom. The van der Waals surface area contributed by atoms with E-state index < -0.39 is 4.92 Å². The summed E-state index contributed by atoms with van der Waals surface area (Å²) in [5.41, 5.74) is 0.420. The highest BCUT2D eigenvalue weighted by atomic mass is 35.5. The van der Waals surface area contributed by atoms with E-state index in [2.05, 4.69) is 0 Å². The molecule has 1 rings (SSSR count). The zero-order valence-electron chi connectivity index (χ0n) is 11.3. The SMILES string of the molecule is CC(C)(C)OCCOCc1ccc(Cl)c([N+](=O)[O-])c1. The van der Waals surface area contributed by atoms with Crippen LogP contribution in [0.4, 0.5) is 5.69 Å². The van der Waals surface area contributed by atoms with Gasteiger partial charge >= 0.3 is 0 Å². The van der Waals surface area contributed by atoms with Crippen molar-refractivity contribution in [3.8, 4) is 0 Å². The number of benzene rings is 1. The van der Waals surface area contributed by atoms with Crippen LogP contribution >= 0.6 is 11.6 Å². The third-order valence-corrected chi connectivity index (χ3v) is 2.56. The fourth-order valence-corrected chi connectivity index (χ4v) is 1.57. The van der Waals surface area contributed by atoms with E-state index in [0.29, 0.717) is 25.4 Å². The number of nitrogens with zero attached hydrogens (tertiary/aromatic N) is 1. The van der Waals surface area contributed by atoms with E-state index in [1.54, 1.807) is 6.07 Å². The molecule has 0 aliphatic carbocycles. The largest absolute Gasteiger partial charge is 0.374 e. The molecule has 0 aliphatic rings. The lowest BCUT2D eigenvalue weighted by Crippen LogP contribution is -2.21. The molecule has 106 valence electrons. The lowest BCUT2D eigenvalue weighted by molar-refractivity contribution is -0.384. The van der Waals surface area contributed by atoms with Crippen molar-refractivity contribution < 1.29 is 14.4 Å². The van der Waals surface area contributed by atoms with Crippen molar-refractivity contribution in [1.29, 1.82) is 0 Å². The van der Waals surface area contributed by atoms with E-state index in [4.69, 9.17) is 21.1 Å². The average molecular weight is 288 g/mol. The predicted molar refractivity (Wildman–Crippen MR) is 73.5 cm³/mol. The molecule has 5 nitrogen and oxygen atoms in total. The zero-order valence-corrected chi connectivity index (χ0v) is 12.1. The van der Waals surface area contributed by atoms with E-state index in [1.165, 1.54) is 12.1 Å². The topological polar surface area (TPSA) is 61.6 Å². The Hall–Kier alpha value is -1.17. The molecule has 1 aromatic rings. The zero-order chi connectivity index (χ0) is 14.5. The Morgan fingerprint density at radius 1 is 1.32 bits per heavy atom. The van der Waals surface area contributed by atoms with Crippen LogP contribution < -0.4 is 0 Å². The lowest BCUT2D eigenvalue weighted by Gasteiger charge is -2.19. The van der Waals surface area contributed by atoms with Crippen LogP contribution in [0.1, 0.15) is 26.3 Å². The second-order valence-corrected chi connectivity index (χ2v) is 5.46. The highest BCUT2D eigenvalue weighted by molar-refractivity contribution is 6.32. The smallest absolute Gasteiger partial charge is 0.288 e. The predicted octanol–water partition coefficient (Wildman–Crippen LogP) is 3.58. The van der Waals surface area contributed by atoms with Crippen LogP contribution in [0.2, 0.25) is 5.02 Å². The van der Waals surface area contributed by atoms with Gasteiger partial charge in [-0.1, -0.05) is 17.7 Å². The van der Waals surface area contributed by atoms with Gasteiger partial charge in [0.15, 0.2) is 0 Å². The molecule has 6 heteroatoms. The molecule has 0 N–H and O–H groups in total. The Bertz CT molecular complexity index is 443. The van der Waals surface area contributed by atoms with E-state index in [1.807, 2.05) is 20.8 Å². The van der Waals surface area contributed by atoms with Crippen molar-refractivity contribution in [1.82, 2.24) is 0 Å². The van der Waals surface area contributed by atoms with Crippen molar-refractivity contribution >= 4 is 17.3 Å². The number of hydrogen-bond acceptors (Lipinski definition) is 4. The minimum absolute atomic E-state index is 0.103. The second kappa shape index (κ2) is 6.84. The molecule has 0 amide bonds. The van der Waals surface area contributed by atoms with Crippen LogP contribution in [0.5, 0.6) is 0 Å². The summed E-state index contributed by atoms with van der Waals surface area (Å²) in [4.78, 5) is 10.2. The molecule has 1 aromatic carbocycles. The van der Waals surface area contributed by atoms with Gasteiger partial charge in [-0.15, -0.1) is 0 Å². The highest BCUT2D eigenvalue weighted by Crippen LogP contribution is 2.25. The van der Waals surface area contributed by atoms with Crippen molar-refractivity contribution in [3.63, 3.8) is 0 Å². The molecule has 0 bridgehead atoms. The number of rotatable bonds is 6. The Balaban J connectivity index is 2.42. The summed E-state index contributed by atoms with van der Waals surface area (Å²) in [5, 5.41) is 10.9. The maximum atomic E-state index is 10.7. The van der Waals surface area contributed by atoms with E-state index in [-0.39, 0.29) is 16.3 Å². The number of ether oxygens (including phenoxy) is 2. The van der Waals surface area contributed by atoms with E-state index in [0.717, 1.165) is 0 Å². The Labute approximate surface area is 117 Å². The van der Waals surface area contributed by atoms with Gasteiger partial charge < -0.3 is 9.47 Å².